The molecule has 0 aliphatic rings. The van der Waals surface area contributed by atoms with Crippen molar-refractivity contribution in [1.82, 2.24) is 5.32 Å². The molecule has 0 heterocycles. The molecule has 2 rings (SSSR count). The molecule has 2 aromatic carbocycles. The predicted molar refractivity (Wildman–Crippen MR) is 102 cm³/mol. The van der Waals surface area contributed by atoms with Crippen molar-refractivity contribution in [2.45, 2.75) is 20.0 Å². The van der Waals surface area contributed by atoms with Gasteiger partial charge in [-0.15, -0.1) is 0 Å². The number of rotatable bonds is 10. The van der Waals surface area contributed by atoms with E-state index in [9.17, 15) is 4.79 Å². The van der Waals surface area contributed by atoms with Crippen LogP contribution in [-0.4, -0.2) is 38.8 Å². The summed E-state index contributed by atoms with van der Waals surface area (Å²) in [6, 6.07) is 14.8. The van der Waals surface area contributed by atoms with E-state index in [0.717, 1.165) is 11.5 Å². The first kappa shape index (κ1) is 19.6. The average Bonchev–Trinajstić information content (AvgIpc) is 2.63. The Labute approximate surface area is 154 Å². The topological polar surface area (TPSA) is 68.8 Å². The standard InChI is InChI=1S/C20H26N2O4/c1-15(2)26-19-7-5-4-6-18(19)22-20(23)14-21-12-13-25-17-10-8-16(24-3)9-11-17/h4-11,15,21H,12-14H2,1-3H3,(H,22,23). The lowest BCUT2D eigenvalue weighted by Gasteiger charge is -2.15. The van der Waals surface area contributed by atoms with Crippen molar-refractivity contribution in [2.75, 3.05) is 32.1 Å². The second-order valence-corrected chi connectivity index (χ2v) is 5.91. The van der Waals surface area contributed by atoms with E-state index in [4.69, 9.17) is 14.2 Å². The minimum atomic E-state index is -0.130. The number of methoxy groups -OCH3 is 1. The maximum atomic E-state index is 12.1. The number of carbonyl (C=O) groups excluding carboxylic acids is 1. The van der Waals surface area contributed by atoms with Gasteiger partial charge in [0, 0.05) is 6.54 Å². The van der Waals surface area contributed by atoms with E-state index in [-0.39, 0.29) is 18.6 Å². The van der Waals surface area contributed by atoms with Gasteiger partial charge in [-0.1, -0.05) is 12.1 Å². The van der Waals surface area contributed by atoms with E-state index < -0.39 is 0 Å². The van der Waals surface area contributed by atoms with Gasteiger partial charge in [0.05, 0.1) is 25.4 Å². The van der Waals surface area contributed by atoms with Crippen LogP contribution in [0, 0.1) is 0 Å². The fourth-order valence-corrected chi connectivity index (χ4v) is 2.24. The van der Waals surface area contributed by atoms with Crippen LogP contribution in [-0.2, 0) is 4.79 Å². The van der Waals surface area contributed by atoms with Gasteiger partial charge in [-0.3, -0.25) is 4.79 Å². The molecule has 0 saturated carbocycles. The molecule has 6 heteroatoms. The van der Waals surface area contributed by atoms with Crippen molar-refractivity contribution in [3.05, 3.63) is 48.5 Å². The highest BCUT2D eigenvalue weighted by Gasteiger charge is 2.08. The number of anilines is 1. The van der Waals surface area contributed by atoms with Crippen LogP contribution in [0.25, 0.3) is 0 Å². The Morgan fingerprint density at radius 2 is 1.73 bits per heavy atom. The predicted octanol–water partition coefficient (Wildman–Crippen LogP) is 3.09. The number of carbonyl (C=O) groups is 1. The van der Waals surface area contributed by atoms with E-state index in [0.29, 0.717) is 24.6 Å². The largest absolute Gasteiger partial charge is 0.497 e. The smallest absolute Gasteiger partial charge is 0.238 e. The first-order valence-electron chi connectivity index (χ1n) is 8.61. The van der Waals surface area contributed by atoms with Crippen LogP contribution in [0.1, 0.15) is 13.8 Å². The molecule has 0 radical (unpaired) electrons. The van der Waals surface area contributed by atoms with E-state index >= 15 is 0 Å². The molecule has 26 heavy (non-hydrogen) atoms. The van der Waals surface area contributed by atoms with Gasteiger partial charge in [0.15, 0.2) is 0 Å². The molecule has 6 nitrogen and oxygen atoms in total. The maximum Gasteiger partial charge on any atom is 0.238 e. The Morgan fingerprint density at radius 1 is 1.04 bits per heavy atom. The third-order valence-electron chi connectivity index (χ3n) is 3.42. The zero-order valence-corrected chi connectivity index (χ0v) is 15.5. The minimum absolute atomic E-state index is 0.0429. The van der Waals surface area contributed by atoms with Crippen LogP contribution in [0.4, 0.5) is 5.69 Å². The first-order chi connectivity index (χ1) is 12.6. The summed E-state index contributed by atoms with van der Waals surface area (Å²) in [6.07, 6.45) is 0.0429. The Hall–Kier alpha value is -2.73. The number of hydrogen-bond acceptors (Lipinski definition) is 5. The van der Waals surface area contributed by atoms with Crippen molar-refractivity contribution in [3.63, 3.8) is 0 Å². The normalized spacial score (nSPS) is 10.5. The molecular weight excluding hydrogens is 332 g/mol. The molecular formula is C20H26N2O4. The number of amides is 1. The van der Waals surface area contributed by atoms with E-state index in [1.807, 2.05) is 62.4 Å². The lowest BCUT2D eigenvalue weighted by molar-refractivity contribution is -0.115. The van der Waals surface area contributed by atoms with Crippen molar-refractivity contribution in [2.24, 2.45) is 0 Å². The van der Waals surface area contributed by atoms with Crippen LogP contribution >= 0.6 is 0 Å². The number of benzene rings is 2. The molecule has 0 saturated heterocycles. The van der Waals surface area contributed by atoms with Gasteiger partial charge < -0.3 is 24.8 Å². The minimum Gasteiger partial charge on any atom is -0.497 e. The summed E-state index contributed by atoms with van der Waals surface area (Å²) < 4.78 is 16.4. The van der Waals surface area contributed by atoms with Crippen LogP contribution in [0.3, 0.4) is 0 Å². The van der Waals surface area contributed by atoms with Gasteiger partial charge in [0.25, 0.3) is 0 Å². The van der Waals surface area contributed by atoms with Gasteiger partial charge >= 0.3 is 0 Å². The van der Waals surface area contributed by atoms with Gasteiger partial charge in [0.2, 0.25) is 5.91 Å². The molecule has 1 amide bonds. The molecule has 0 aliphatic carbocycles. The van der Waals surface area contributed by atoms with Crippen molar-refractivity contribution in [1.29, 1.82) is 0 Å². The van der Waals surface area contributed by atoms with Crippen LogP contribution < -0.4 is 24.8 Å². The van der Waals surface area contributed by atoms with Crippen LogP contribution in [0.2, 0.25) is 0 Å². The van der Waals surface area contributed by atoms with Gasteiger partial charge in [-0.2, -0.15) is 0 Å². The molecule has 0 bridgehead atoms. The van der Waals surface area contributed by atoms with Crippen LogP contribution in [0.5, 0.6) is 17.2 Å². The maximum absolute atomic E-state index is 12.1. The molecule has 140 valence electrons. The SMILES string of the molecule is COc1ccc(OCCNCC(=O)Nc2ccccc2OC(C)C)cc1. The third-order valence-corrected chi connectivity index (χ3v) is 3.42. The summed E-state index contributed by atoms with van der Waals surface area (Å²) in [7, 11) is 1.62. The zero-order valence-electron chi connectivity index (χ0n) is 15.5. The van der Waals surface area contributed by atoms with Gasteiger partial charge in [-0.25, -0.2) is 0 Å². The molecule has 0 spiro atoms. The van der Waals surface area contributed by atoms with Gasteiger partial charge in [-0.05, 0) is 50.2 Å². The molecule has 0 atom stereocenters. The quantitative estimate of drug-likeness (QED) is 0.639. The Kier molecular flexibility index (Phi) is 7.76. The van der Waals surface area contributed by atoms with Crippen molar-refractivity contribution < 1.29 is 19.0 Å². The fraction of sp³-hybridized carbons (Fsp3) is 0.350. The van der Waals surface area contributed by atoms with Crippen molar-refractivity contribution >= 4 is 11.6 Å². The number of ether oxygens (including phenoxy) is 3. The summed E-state index contributed by atoms with van der Waals surface area (Å²) in [5.41, 5.74) is 0.669. The lowest BCUT2D eigenvalue weighted by atomic mass is 10.3. The Balaban J connectivity index is 1.69. The first-order valence-corrected chi connectivity index (χ1v) is 8.61. The summed E-state index contributed by atoms with van der Waals surface area (Å²) >= 11 is 0. The second kappa shape index (κ2) is 10.3. The molecule has 0 aliphatic heterocycles. The number of hydrogen-bond donors (Lipinski definition) is 2. The summed E-state index contributed by atoms with van der Waals surface area (Å²) in [5.74, 6) is 2.08. The van der Waals surface area contributed by atoms with Gasteiger partial charge in [0.1, 0.15) is 23.9 Å². The van der Waals surface area contributed by atoms with E-state index in [1.165, 1.54) is 0 Å². The fourth-order valence-electron chi connectivity index (χ4n) is 2.24. The summed E-state index contributed by atoms with van der Waals surface area (Å²) in [4.78, 5) is 12.1. The number of para-hydroxylation sites is 2. The number of nitrogens with one attached hydrogen (secondary N) is 2. The highest BCUT2D eigenvalue weighted by Crippen LogP contribution is 2.24. The molecule has 2 N–H and O–H groups in total. The second-order valence-electron chi connectivity index (χ2n) is 5.91. The molecule has 0 fully saturated rings. The monoisotopic (exact) mass is 358 g/mol. The highest BCUT2D eigenvalue weighted by atomic mass is 16.5. The summed E-state index contributed by atoms with van der Waals surface area (Å²) in [5, 5.41) is 5.91. The Morgan fingerprint density at radius 3 is 2.42 bits per heavy atom. The Bertz CT molecular complexity index is 686. The van der Waals surface area contributed by atoms with E-state index in [2.05, 4.69) is 10.6 Å². The highest BCUT2D eigenvalue weighted by molar-refractivity contribution is 5.93. The average molecular weight is 358 g/mol. The van der Waals surface area contributed by atoms with Crippen molar-refractivity contribution in [3.8, 4) is 17.2 Å². The van der Waals surface area contributed by atoms with Crippen LogP contribution in [0.15, 0.2) is 48.5 Å². The third kappa shape index (κ3) is 6.64. The lowest BCUT2D eigenvalue weighted by Crippen LogP contribution is -2.31. The zero-order chi connectivity index (χ0) is 18.8. The molecule has 2 aromatic rings. The summed E-state index contributed by atoms with van der Waals surface area (Å²) in [6.45, 7) is 5.12. The molecule has 0 unspecified atom stereocenters. The molecule has 0 aromatic heterocycles. The van der Waals surface area contributed by atoms with E-state index in [1.54, 1.807) is 7.11 Å².